The van der Waals surface area contributed by atoms with Crippen molar-refractivity contribution in [2.24, 2.45) is 0 Å². The summed E-state index contributed by atoms with van der Waals surface area (Å²) in [7, 11) is -1.04. The summed E-state index contributed by atoms with van der Waals surface area (Å²) >= 11 is 0. The molecule has 0 bridgehead atoms. The average Bonchev–Trinajstić information content (AvgIpc) is 2.93. The number of aromatic nitrogens is 2. The van der Waals surface area contributed by atoms with E-state index in [-0.39, 0.29) is 18.5 Å². The van der Waals surface area contributed by atoms with E-state index in [1.807, 2.05) is 0 Å². The molecule has 21 heavy (non-hydrogen) atoms. The smallest absolute Gasteiger partial charge is 0.383 e. The summed E-state index contributed by atoms with van der Waals surface area (Å²) in [5, 5.41) is 0. The molecule has 0 amide bonds. The lowest BCUT2D eigenvalue weighted by molar-refractivity contribution is -0.0259. The molecule has 2 N–H and O–H groups in total. The van der Waals surface area contributed by atoms with E-state index in [0.29, 0.717) is 12.8 Å². The molecule has 1 aromatic rings. The summed E-state index contributed by atoms with van der Waals surface area (Å²) in [6.45, 7) is 0.0482. The summed E-state index contributed by atoms with van der Waals surface area (Å²) in [4.78, 5) is 15.4. The van der Waals surface area contributed by atoms with Crippen molar-refractivity contribution in [1.82, 2.24) is 9.55 Å². The Morgan fingerprint density at radius 3 is 2.81 bits per heavy atom. The van der Waals surface area contributed by atoms with E-state index in [4.69, 9.17) is 15.0 Å². The van der Waals surface area contributed by atoms with Gasteiger partial charge >= 0.3 is 13.5 Å². The van der Waals surface area contributed by atoms with Gasteiger partial charge < -0.3 is 10.5 Å². The predicted octanol–water partition coefficient (Wildman–Crippen LogP) is 0.921. The molecule has 118 valence electrons. The minimum absolute atomic E-state index is 0.0482. The monoisotopic (exact) mass is 319 g/mol. The van der Waals surface area contributed by atoms with Gasteiger partial charge in [0.25, 0.3) is 0 Å². The number of phosphoric ester groups is 1. The van der Waals surface area contributed by atoms with Crippen LogP contribution in [0, 0.1) is 0 Å². The van der Waals surface area contributed by atoms with Gasteiger partial charge in [0.2, 0.25) is 0 Å². The zero-order valence-electron chi connectivity index (χ0n) is 11.8. The topological polar surface area (TPSA) is 115 Å². The third-order valence-corrected chi connectivity index (χ3v) is 4.47. The van der Waals surface area contributed by atoms with Crippen molar-refractivity contribution in [3.63, 3.8) is 0 Å². The molecule has 2 atom stereocenters. The number of hydrogen-bond acceptors (Lipinski definition) is 8. The standard InChI is InChI=1S/C11H18N3O6P/c1-17-21(16,18-2)19-7-8-3-4-10(20-8)14-6-5-9(12)13-11(14)15/h5-6,8,10H,3-4,7H2,1-2H3,(H2,12,13,15). The highest BCUT2D eigenvalue weighted by Gasteiger charge is 2.31. The van der Waals surface area contributed by atoms with Crippen LogP contribution in [0.1, 0.15) is 19.1 Å². The SMILES string of the molecule is COP(=O)(OC)OCC1CCC(n2ccc(N)nc2=O)O1. The third kappa shape index (κ3) is 3.90. The van der Waals surface area contributed by atoms with Crippen molar-refractivity contribution in [1.29, 1.82) is 0 Å². The van der Waals surface area contributed by atoms with Gasteiger partial charge in [0.05, 0.1) is 12.7 Å². The number of nitrogens with zero attached hydrogens (tertiary/aromatic N) is 2. The van der Waals surface area contributed by atoms with Crippen LogP contribution in [0.5, 0.6) is 0 Å². The third-order valence-electron chi connectivity index (χ3n) is 3.11. The van der Waals surface area contributed by atoms with Gasteiger partial charge in [-0.1, -0.05) is 0 Å². The van der Waals surface area contributed by atoms with Crippen molar-refractivity contribution >= 4 is 13.6 Å². The van der Waals surface area contributed by atoms with Crippen LogP contribution >= 0.6 is 7.82 Å². The highest BCUT2D eigenvalue weighted by molar-refractivity contribution is 7.48. The van der Waals surface area contributed by atoms with Crippen molar-refractivity contribution in [2.45, 2.75) is 25.2 Å². The molecule has 0 aliphatic carbocycles. The Labute approximate surface area is 121 Å². The number of ether oxygens (including phenoxy) is 1. The molecule has 0 saturated carbocycles. The Hall–Kier alpha value is -1.25. The normalized spacial score (nSPS) is 22.6. The van der Waals surface area contributed by atoms with Gasteiger partial charge in [0, 0.05) is 20.4 Å². The molecule has 1 aromatic heterocycles. The fourth-order valence-corrected chi connectivity index (χ4v) is 2.72. The van der Waals surface area contributed by atoms with Crippen LogP contribution < -0.4 is 11.4 Å². The zero-order valence-corrected chi connectivity index (χ0v) is 12.7. The van der Waals surface area contributed by atoms with Gasteiger partial charge in [-0.3, -0.25) is 18.1 Å². The van der Waals surface area contributed by atoms with Crippen LogP contribution in [-0.4, -0.2) is 36.5 Å². The quantitative estimate of drug-likeness (QED) is 0.770. The fourth-order valence-electron chi connectivity index (χ4n) is 2.01. The van der Waals surface area contributed by atoms with E-state index >= 15 is 0 Å². The molecule has 2 rings (SSSR count). The van der Waals surface area contributed by atoms with Crippen LogP contribution in [0.4, 0.5) is 5.82 Å². The fraction of sp³-hybridized carbons (Fsp3) is 0.636. The van der Waals surface area contributed by atoms with Crippen LogP contribution in [0.25, 0.3) is 0 Å². The molecule has 1 aliphatic rings. The van der Waals surface area contributed by atoms with E-state index in [1.165, 1.54) is 31.0 Å². The van der Waals surface area contributed by atoms with E-state index in [2.05, 4.69) is 14.0 Å². The first-order valence-corrected chi connectivity index (χ1v) is 7.79. The molecule has 0 spiro atoms. The van der Waals surface area contributed by atoms with Crippen molar-refractivity contribution in [3.8, 4) is 0 Å². The summed E-state index contributed by atoms with van der Waals surface area (Å²) in [6.07, 6.45) is 2.05. The number of nitrogen functional groups attached to an aromatic ring is 1. The highest BCUT2D eigenvalue weighted by atomic mass is 31.2. The molecule has 9 nitrogen and oxygen atoms in total. The predicted molar refractivity (Wildman–Crippen MR) is 73.6 cm³/mol. The first kappa shape index (κ1) is 16.1. The number of anilines is 1. The van der Waals surface area contributed by atoms with E-state index in [9.17, 15) is 9.36 Å². The molecule has 0 radical (unpaired) electrons. The largest absolute Gasteiger partial charge is 0.474 e. The molecule has 1 aliphatic heterocycles. The molecule has 2 unspecified atom stereocenters. The Bertz CT molecular complexity index is 584. The molecular weight excluding hydrogens is 301 g/mol. The second-order valence-corrected chi connectivity index (χ2v) is 6.32. The van der Waals surface area contributed by atoms with Gasteiger partial charge in [0.15, 0.2) is 0 Å². The Balaban J connectivity index is 1.95. The van der Waals surface area contributed by atoms with Gasteiger partial charge in [0.1, 0.15) is 12.0 Å². The molecule has 0 aromatic carbocycles. The average molecular weight is 319 g/mol. The maximum absolute atomic E-state index is 11.7. The van der Waals surface area contributed by atoms with Crippen LogP contribution in [0.2, 0.25) is 0 Å². The number of hydrogen-bond donors (Lipinski definition) is 1. The maximum atomic E-state index is 11.7. The Kier molecular flexibility index (Phi) is 5.13. The minimum atomic E-state index is -3.52. The second kappa shape index (κ2) is 6.67. The second-order valence-electron chi connectivity index (χ2n) is 4.44. The summed E-state index contributed by atoms with van der Waals surface area (Å²) < 4.78 is 33.2. The first-order chi connectivity index (χ1) is 9.97. The summed E-state index contributed by atoms with van der Waals surface area (Å²) in [6, 6.07) is 1.53. The van der Waals surface area contributed by atoms with Crippen molar-refractivity contribution in [3.05, 3.63) is 22.7 Å². The zero-order chi connectivity index (χ0) is 15.5. The Morgan fingerprint density at radius 1 is 1.48 bits per heavy atom. The molecule has 2 heterocycles. The van der Waals surface area contributed by atoms with Gasteiger partial charge in [-0.05, 0) is 18.9 Å². The van der Waals surface area contributed by atoms with Crippen LogP contribution in [-0.2, 0) is 22.9 Å². The number of rotatable bonds is 6. The number of nitrogens with two attached hydrogens (primary N) is 1. The highest BCUT2D eigenvalue weighted by Crippen LogP contribution is 2.48. The van der Waals surface area contributed by atoms with Crippen LogP contribution in [0.3, 0.4) is 0 Å². The summed E-state index contributed by atoms with van der Waals surface area (Å²) in [5.74, 6) is 0.162. The molecule has 10 heteroatoms. The maximum Gasteiger partial charge on any atom is 0.474 e. The molecular formula is C11H18N3O6P. The minimum Gasteiger partial charge on any atom is -0.383 e. The lowest BCUT2D eigenvalue weighted by Crippen LogP contribution is -2.27. The van der Waals surface area contributed by atoms with Gasteiger partial charge in [-0.15, -0.1) is 0 Å². The lowest BCUT2D eigenvalue weighted by Gasteiger charge is -2.18. The van der Waals surface area contributed by atoms with Gasteiger partial charge in [-0.25, -0.2) is 9.36 Å². The van der Waals surface area contributed by atoms with Crippen LogP contribution in [0.15, 0.2) is 17.1 Å². The van der Waals surface area contributed by atoms with E-state index in [0.717, 1.165) is 0 Å². The number of phosphoric acid groups is 1. The van der Waals surface area contributed by atoms with Gasteiger partial charge in [-0.2, -0.15) is 4.98 Å². The molecule has 1 saturated heterocycles. The first-order valence-electron chi connectivity index (χ1n) is 6.33. The lowest BCUT2D eigenvalue weighted by atomic mass is 10.2. The van der Waals surface area contributed by atoms with E-state index in [1.54, 1.807) is 0 Å². The van der Waals surface area contributed by atoms with E-state index < -0.39 is 19.7 Å². The Morgan fingerprint density at radius 2 is 2.19 bits per heavy atom. The van der Waals surface area contributed by atoms with Crippen molar-refractivity contribution in [2.75, 3.05) is 26.6 Å². The van der Waals surface area contributed by atoms with Crippen molar-refractivity contribution < 1.29 is 22.9 Å². The molecule has 1 fully saturated rings. The summed E-state index contributed by atoms with van der Waals surface area (Å²) in [5.41, 5.74) is 4.96.